The van der Waals surface area contributed by atoms with E-state index in [-0.39, 0.29) is 11.5 Å². The summed E-state index contributed by atoms with van der Waals surface area (Å²) in [7, 11) is 0. The van der Waals surface area contributed by atoms with E-state index in [1.54, 1.807) is 18.2 Å². The number of ketones is 1. The Morgan fingerprint density at radius 3 is 2.74 bits per heavy atom. The van der Waals surface area contributed by atoms with Crippen molar-refractivity contribution in [1.82, 2.24) is 4.90 Å². The number of likely N-dealkylation sites (tertiary alicyclic amines) is 1. The van der Waals surface area contributed by atoms with Gasteiger partial charge in [-0.25, -0.2) is 0 Å². The molecule has 0 unspecified atom stereocenters. The van der Waals surface area contributed by atoms with Gasteiger partial charge >= 0.3 is 0 Å². The van der Waals surface area contributed by atoms with Crippen LogP contribution in [0.3, 0.4) is 0 Å². The van der Waals surface area contributed by atoms with Gasteiger partial charge in [0.25, 0.3) is 0 Å². The van der Waals surface area contributed by atoms with E-state index in [0.717, 1.165) is 25.1 Å². The molecule has 0 aromatic heterocycles. The van der Waals surface area contributed by atoms with Crippen molar-refractivity contribution in [2.75, 3.05) is 13.1 Å². The van der Waals surface area contributed by atoms with E-state index in [1.165, 1.54) is 12.0 Å². The van der Waals surface area contributed by atoms with Gasteiger partial charge in [-0.1, -0.05) is 36.8 Å². The number of hydrogen-bond donors (Lipinski definition) is 1. The minimum Gasteiger partial charge on any atom is -0.507 e. The number of allylic oxidation sites excluding steroid dienone is 1. The van der Waals surface area contributed by atoms with Crippen LogP contribution in [-0.4, -0.2) is 28.9 Å². The van der Waals surface area contributed by atoms with Crippen molar-refractivity contribution in [2.24, 2.45) is 5.92 Å². The van der Waals surface area contributed by atoms with E-state index in [0.29, 0.717) is 35.1 Å². The lowest BCUT2D eigenvalue weighted by Crippen LogP contribution is -2.33. The maximum absolute atomic E-state index is 12.8. The van der Waals surface area contributed by atoms with Crippen LogP contribution in [0.25, 0.3) is 6.08 Å². The Balaban J connectivity index is 1.63. The van der Waals surface area contributed by atoms with Crippen LogP contribution >= 0.6 is 0 Å². The molecular weight excluding hydrogens is 338 g/mol. The van der Waals surface area contributed by atoms with Gasteiger partial charge in [0.2, 0.25) is 5.78 Å². The van der Waals surface area contributed by atoms with E-state index in [9.17, 15) is 9.90 Å². The van der Waals surface area contributed by atoms with Crippen molar-refractivity contribution in [2.45, 2.75) is 33.2 Å². The fourth-order valence-electron chi connectivity index (χ4n) is 3.92. The van der Waals surface area contributed by atoms with Crippen LogP contribution in [0.1, 0.15) is 46.8 Å². The maximum atomic E-state index is 12.8. The Kier molecular flexibility index (Phi) is 4.75. The smallest absolute Gasteiger partial charge is 0.231 e. The highest BCUT2D eigenvalue weighted by atomic mass is 16.5. The highest BCUT2D eigenvalue weighted by Crippen LogP contribution is 2.40. The van der Waals surface area contributed by atoms with Gasteiger partial charge < -0.3 is 9.84 Å². The Labute approximate surface area is 160 Å². The average Bonchev–Trinajstić information content (AvgIpc) is 2.96. The van der Waals surface area contributed by atoms with Gasteiger partial charge in [-0.05, 0) is 56.0 Å². The number of fused-ring (bicyclic) bond motifs is 1. The summed E-state index contributed by atoms with van der Waals surface area (Å²) < 4.78 is 5.96. The summed E-state index contributed by atoms with van der Waals surface area (Å²) in [6.45, 7) is 6.89. The zero-order chi connectivity index (χ0) is 19.0. The van der Waals surface area contributed by atoms with Gasteiger partial charge in [0.1, 0.15) is 11.5 Å². The van der Waals surface area contributed by atoms with Gasteiger partial charge in [0, 0.05) is 13.1 Å². The molecule has 27 heavy (non-hydrogen) atoms. The molecule has 2 heterocycles. The molecule has 140 valence electrons. The first-order valence-corrected chi connectivity index (χ1v) is 9.59. The molecule has 2 aliphatic heterocycles. The number of rotatable bonds is 3. The van der Waals surface area contributed by atoms with Crippen LogP contribution in [0.5, 0.6) is 11.5 Å². The third-order valence-corrected chi connectivity index (χ3v) is 5.41. The number of carbonyl (C=O) groups excluding carboxylic acids is 1. The normalized spacial score (nSPS) is 21.3. The second kappa shape index (κ2) is 7.20. The molecule has 0 spiro atoms. The number of carbonyl (C=O) groups is 1. The minimum atomic E-state index is -0.126. The van der Waals surface area contributed by atoms with Crippen molar-refractivity contribution in [3.63, 3.8) is 0 Å². The summed E-state index contributed by atoms with van der Waals surface area (Å²) in [5, 5.41) is 10.4. The number of Topliss-reactive ketones (excluding diaryl/α,β-unsaturated/α-hetero) is 1. The Hall–Kier alpha value is -2.59. The van der Waals surface area contributed by atoms with E-state index in [4.69, 9.17) is 4.74 Å². The number of hydrogen-bond acceptors (Lipinski definition) is 4. The molecule has 0 amide bonds. The van der Waals surface area contributed by atoms with Gasteiger partial charge in [-0.2, -0.15) is 0 Å². The number of nitrogens with zero attached hydrogens (tertiary/aromatic N) is 1. The number of aromatic hydroxyl groups is 1. The van der Waals surface area contributed by atoms with Crippen LogP contribution in [0, 0.1) is 12.8 Å². The monoisotopic (exact) mass is 363 g/mol. The van der Waals surface area contributed by atoms with Gasteiger partial charge in [0.05, 0.1) is 11.1 Å². The Morgan fingerprint density at radius 1 is 1.22 bits per heavy atom. The molecule has 2 aliphatic rings. The predicted molar refractivity (Wildman–Crippen MR) is 106 cm³/mol. The third-order valence-electron chi connectivity index (χ3n) is 5.41. The number of piperidine rings is 1. The van der Waals surface area contributed by atoms with Crippen molar-refractivity contribution in [1.29, 1.82) is 0 Å². The lowest BCUT2D eigenvalue weighted by atomic mass is 9.99. The molecule has 4 rings (SSSR count). The summed E-state index contributed by atoms with van der Waals surface area (Å²) in [6, 6.07) is 11.2. The summed E-state index contributed by atoms with van der Waals surface area (Å²) in [6.07, 6.45) is 4.18. The number of aryl methyl sites for hydroxylation is 1. The van der Waals surface area contributed by atoms with Gasteiger partial charge in [-0.15, -0.1) is 0 Å². The molecule has 0 bridgehead atoms. The highest BCUT2D eigenvalue weighted by Gasteiger charge is 2.32. The molecule has 0 aliphatic carbocycles. The first-order valence-electron chi connectivity index (χ1n) is 9.59. The predicted octanol–water partition coefficient (Wildman–Crippen LogP) is 4.55. The molecule has 0 radical (unpaired) electrons. The fourth-order valence-corrected chi connectivity index (χ4v) is 3.92. The number of phenols is 1. The van der Waals surface area contributed by atoms with Crippen molar-refractivity contribution >= 4 is 11.9 Å². The van der Waals surface area contributed by atoms with Crippen LogP contribution in [0.2, 0.25) is 0 Å². The molecule has 1 fully saturated rings. The van der Waals surface area contributed by atoms with Gasteiger partial charge in [0.15, 0.2) is 5.76 Å². The molecule has 0 saturated carbocycles. The topological polar surface area (TPSA) is 49.8 Å². The number of phenolic OH excluding ortho intramolecular Hbond substituents is 1. The summed E-state index contributed by atoms with van der Waals surface area (Å²) in [4.78, 5) is 15.1. The van der Waals surface area contributed by atoms with Crippen LogP contribution in [-0.2, 0) is 6.54 Å². The van der Waals surface area contributed by atoms with Crippen LogP contribution in [0.15, 0.2) is 42.2 Å². The van der Waals surface area contributed by atoms with Crippen LogP contribution < -0.4 is 4.74 Å². The SMILES string of the molecule is Cc1ccc(/C=C2\Oc3c(ccc(O)c3CN3CCC[C@H](C)C3)C2=O)cc1. The molecule has 2 aromatic rings. The Morgan fingerprint density at radius 2 is 2.00 bits per heavy atom. The van der Waals surface area contributed by atoms with E-state index in [1.807, 2.05) is 31.2 Å². The number of benzene rings is 2. The number of ether oxygens (including phenoxy) is 1. The average molecular weight is 363 g/mol. The zero-order valence-corrected chi connectivity index (χ0v) is 15.9. The van der Waals surface area contributed by atoms with E-state index < -0.39 is 0 Å². The zero-order valence-electron chi connectivity index (χ0n) is 15.9. The standard InChI is InChI=1S/C23H25NO3/c1-15-5-7-17(8-6-15)12-21-22(26)18-9-10-20(25)19(23(18)27-21)14-24-11-3-4-16(2)13-24/h5-10,12,16,25H,3-4,11,13-14H2,1-2H3/b21-12-/t16-/m0/s1. The molecule has 1 saturated heterocycles. The molecule has 1 N–H and O–H groups in total. The second-order valence-corrected chi connectivity index (χ2v) is 7.77. The molecule has 4 nitrogen and oxygen atoms in total. The lowest BCUT2D eigenvalue weighted by Gasteiger charge is -2.31. The van der Waals surface area contributed by atoms with E-state index >= 15 is 0 Å². The molecular formula is C23H25NO3. The van der Waals surface area contributed by atoms with E-state index in [2.05, 4.69) is 11.8 Å². The second-order valence-electron chi connectivity index (χ2n) is 7.77. The molecule has 2 aromatic carbocycles. The lowest BCUT2D eigenvalue weighted by molar-refractivity contribution is 0.101. The van der Waals surface area contributed by atoms with Gasteiger partial charge in [-0.3, -0.25) is 9.69 Å². The first kappa shape index (κ1) is 17.8. The molecule has 1 atom stereocenters. The summed E-state index contributed by atoms with van der Waals surface area (Å²) >= 11 is 0. The van der Waals surface area contributed by atoms with Crippen molar-refractivity contribution < 1.29 is 14.6 Å². The minimum absolute atomic E-state index is 0.126. The highest BCUT2D eigenvalue weighted by molar-refractivity contribution is 6.15. The molecule has 4 heteroatoms. The summed E-state index contributed by atoms with van der Waals surface area (Å²) in [5.41, 5.74) is 3.34. The largest absolute Gasteiger partial charge is 0.507 e. The Bertz CT molecular complexity index is 899. The fraction of sp³-hybridized carbons (Fsp3) is 0.348. The first-order chi connectivity index (χ1) is 13.0. The third kappa shape index (κ3) is 3.62. The van der Waals surface area contributed by atoms with Crippen LogP contribution in [0.4, 0.5) is 0 Å². The van der Waals surface area contributed by atoms with Crippen molar-refractivity contribution in [3.05, 3.63) is 64.4 Å². The maximum Gasteiger partial charge on any atom is 0.231 e. The van der Waals surface area contributed by atoms with Crippen molar-refractivity contribution in [3.8, 4) is 11.5 Å². The quantitative estimate of drug-likeness (QED) is 0.813. The summed E-state index contributed by atoms with van der Waals surface area (Å²) in [5.74, 6) is 1.54.